The lowest BCUT2D eigenvalue weighted by Crippen LogP contribution is -2.46. The first kappa shape index (κ1) is 15.8. The molecule has 116 valence electrons. The highest BCUT2D eigenvalue weighted by atomic mass is 32.1. The SMILES string of the molecule is CCOC(=O)N1CCC(NC(=O)c2cc(C)sc2C)CC1. The van der Waals surface area contributed by atoms with Crippen molar-refractivity contribution in [2.75, 3.05) is 19.7 Å². The van der Waals surface area contributed by atoms with Crippen molar-refractivity contribution in [3.63, 3.8) is 0 Å². The van der Waals surface area contributed by atoms with E-state index in [1.165, 1.54) is 0 Å². The number of nitrogens with one attached hydrogen (secondary N) is 1. The minimum absolute atomic E-state index is 0.00793. The van der Waals surface area contributed by atoms with E-state index in [0.29, 0.717) is 19.7 Å². The van der Waals surface area contributed by atoms with Gasteiger partial charge in [-0.15, -0.1) is 11.3 Å². The number of aryl methyl sites for hydroxylation is 2. The van der Waals surface area contributed by atoms with Crippen LogP contribution >= 0.6 is 11.3 Å². The third-order valence-electron chi connectivity index (χ3n) is 3.64. The highest BCUT2D eigenvalue weighted by molar-refractivity contribution is 7.12. The van der Waals surface area contributed by atoms with Gasteiger partial charge in [0.15, 0.2) is 0 Å². The van der Waals surface area contributed by atoms with Crippen LogP contribution in [-0.2, 0) is 4.74 Å². The topological polar surface area (TPSA) is 58.6 Å². The molecule has 21 heavy (non-hydrogen) atoms. The van der Waals surface area contributed by atoms with Crippen molar-refractivity contribution in [1.29, 1.82) is 0 Å². The van der Waals surface area contributed by atoms with Crippen molar-refractivity contribution in [2.24, 2.45) is 0 Å². The van der Waals surface area contributed by atoms with E-state index in [-0.39, 0.29) is 18.0 Å². The minimum Gasteiger partial charge on any atom is -0.450 e. The highest BCUT2D eigenvalue weighted by Gasteiger charge is 2.25. The molecule has 1 aliphatic heterocycles. The first-order valence-electron chi connectivity index (χ1n) is 7.30. The smallest absolute Gasteiger partial charge is 0.409 e. The van der Waals surface area contributed by atoms with Gasteiger partial charge in [0.2, 0.25) is 0 Å². The van der Waals surface area contributed by atoms with Crippen molar-refractivity contribution in [3.05, 3.63) is 21.4 Å². The molecule has 1 aliphatic rings. The van der Waals surface area contributed by atoms with Gasteiger partial charge in [-0.1, -0.05) is 0 Å². The Hall–Kier alpha value is -1.56. The molecule has 1 fully saturated rings. The largest absolute Gasteiger partial charge is 0.450 e. The highest BCUT2D eigenvalue weighted by Crippen LogP contribution is 2.21. The number of carbonyl (C=O) groups excluding carboxylic acids is 2. The maximum absolute atomic E-state index is 12.3. The molecule has 2 rings (SSSR count). The summed E-state index contributed by atoms with van der Waals surface area (Å²) >= 11 is 1.64. The van der Waals surface area contributed by atoms with Crippen molar-refractivity contribution >= 4 is 23.3 Å². The maximum Gasteiger partial charge on any atom is 0.409 e. The van der Waals surface area contributed by atoms with Gasteiger partial charge < -0.3 is 15.0 Å². The van der Waals surface area contributed by atoms with Gasteiger partial charge in [-0.2, -0.15) is 0 Å². The molecular formula is C15H22N2O3S. The van der Waals surface area contributed by atoms with E-state index in [4.69, 9.17) is 4.74 Å². The first-order chi connectivity index (χ1) is 10.0. The summed E-state index contributed by atoms with van der Waals surface area (Å²) in [6.07, 6.45) is 1.28. The second-order valence-corrected chi connectivity index (χ2v) is 6.72. The molecule has 1 N–H and O–H groups in total. The van der Waals surface area contributed by atoms with Crippen LogP contribution in [0.2, 0.25) is 0 Å². The van der Waals surface area contributed by atoms with Gasteiger partial charge in [0.25, 0.3) is 5.91 Å². The molecule has 0 aromatic carbocycles. The fourth-order valence-electron chi connectivity index (χ4n) is 2.54. The van der Waals surface area contributed by atoms with Gasteiger partial charge in [0, 0.05) is 28.9 Å². The van der Waals surface area contributed by atoms with Crippen LogP contribution in [0, 0.1) is 13.8 Å². The first-order valence-corrected chi connectivity index (χ1v) is 8.12. The second-order valence-electron chi connectivity index (χ2n) is 5.26. The van der Waals surface area contributed by atoms with Crippen molar-refractivity contribution in [1.82, 2.24) is 10.2 Å². The number of likely N-dealkylation sites (tertiary alicyclic amines) is 1. The monoisotopic (exact) mass is 310 g/mol. The second kappa shape index (κ2) is 6.93. The predicted molar refractivity (Wildman–Crippen MR) is 82.9 cm³/mol. The average Bonchev–Trinajstić information content (AvgIpc) is 2.79. The number of rotatable bonds is 3. The summed E-state index contributed by atoms with van der Waals surface area (Å²) in [5.41, 5.74) is 0.769. The Morgan fingerprint density at radius 2 is 2.05 bits per heavy atom. The molecule has 5 nitrogen and oxygen atoms in total. The summed E-state index contributed by atoms with van der Waals surface area (Å²) in [6.45, 7) is 7.43. The normalized spacial score (nSPS) is 15.9. The average molecular weight is 310 g/mol. The van der Waals surface area contributed by atoms with Gasteiger partial charge in [0.1, 0.15) is 0 Å². The molecule has 6 heteroatoms. The zero-order valence-corrected chi connectivity index (χ0v) is 13.6. The number of amides is 2. The summed E-state index contributed by atoms with van der Waals surface area (Å²) in [6, 6.07) is 2.06. The Morgan fingerprint density at radius 1 is 1.38 bits per heavy atom. The van der Waals surface area contributed by atoms with Crippen LogP contribution in [0.3, 0.4) is 0 Å². The van der Waals surface area contributed by atoms with Gasteiger partial charge in [0.05, 0.1) is 12.2 Å². The molecule has 0 unspecified atom stereocenters. The van der Waals surface area contributed by atoms with E-state index in [0.717, 1.165) is 28.2 Å². The number of hydrogen-bond acceptors (Lipinski definition) is 4. The van der Waals surface area contributed by atoms with Gasteiger partial charge in [-0.25, -0.2) is 4.79 Å². The number of ether oxygens (including phenoxy) is 1. The number of piperidine rings is 1. The summed E-state index contributed by atoms with van der Waals surface area (Å²) in [7, 11) is 0. The van der Waals surface area contributed by atoms with E-state index in [1.807, 2.05) is 19.9 Å². The van der Waals surface area contributed by atoms with Gasteiger partial charge >= 0.3 is 6.09 Å². The molecule has 1 saturated heterocycles. The third kappa shape index (κ3) is 3.97. The van der Waals surface area contributed by atoms with E-state index >= 15 is 0 Å². The summed E-state index contributed by atoms with van der Waals surface area (Å²) in [4.78, 5) is 27.8. The van der Waals surface area contributed by atoms with Crippen LogP contribution in [0.5, 0.6) is 0 Å². The number of hydrogen-bond donors (Lipinski definition) is 1. The van der Waals surface area contributed by atoms with Gasteiger partial charge in [-0.3, -0.25) is 4.79 Å². The van der Waals surface area contributed by atoms with E-state index in [1.54, 1.807) is 23.2 Å². The Balaban J connectivity index is 1.85. The number of nitrogens with zero attached hydrogens (tertiary/aromatic N) is 1. The van der Waals surface area contributed by atoms with Crippen LogP contribution in [-0.4, -0.2) is 42.6 Å². The molecule has 0 atom stereocenters. The quantitative estimate of drug-likeness (QED) is 0.934. The standard InChI is InChI=1S/C15H22N2O3S/c1-4-20-15(19)17-7-5-12(6-8-17)16-14(18)13-9-10(2)21-11(13)3/h9,12H,4-8H2,1-3H3,(H,16,18). The minimum atomic E-state index is -0.258. The Bertz CT molecular complexity index is 519. The molecule has 0 radical (unpaired) electrons. The lowest BCUT2D eigenvalue weighted by Gasteiger charge is -2.31. The van der Waals surface area contributed by atoms with E-state index in [2.05, 4.69) is 5.32 Å². The van der Waals surface area contributed by atoms with Crippen LogP contribution in [0.25, 0.3) is 0 Å². The predicted octanol–water partition coefficient (Wildman–Crippen LogP) is 2.72. The summed E-state index contributed by atoms with van der Waals surface area (Å²) < 4.78 is 4.99. The molecule has 0 aliphatic carbocycles. The number of carbonyl (C=O) groups is 2. The molecular weight excluding hydrogens is 288 g/mol. The van der Waals surface area contributed by atoms with Crippen LogP contribution in [0.1, 0.15) is 39.9 Å². The Morgan fingerprint density at radius 3 is 2.57 bits per heavy atom. The molecule has 2 amide bonds. The van der Waals surface area contributed by atoms with Crippen LogP contribution < -0.4 is 5.32 Å². The van der Waals surface area contributed by atoms with E-state index in [9.17, 15) is 9.59 Å². The van der Waals surface area contributed by atoms with Crippen molar-refractivity contribution < 1.29 is 14.3 Å². The molecule has 0 bridgehead atoms. The summed E-state index contributed by atoms with van der Waals surface area (Å²) in [5.74, 6) is -0.00793. The zero-order valence-electron chi connectivity index (χ0n) is 12.8. The fraction of sp³-hybridized carbons (Fsp3) is 0.600. The molecule has 1 aromatic rings. The number of thiophene rings is 1. The van der Waals surface area contributed by atoms with Crippen molar-refractivity contribution in [2.45, 2.75) is 39.7 Å². The lowest BCUT2D eigenvalue weighted by atomic mass is 10.0. The lowest BCUT2D eigenvalue weighted by molar-refractivity contribution is 0.0860. The van der Waals surface area contributed by atoms with Crippen molar-refractivity contribution in [3.8, 4) is 0 Å². The third-order valence-corrected chi connectivity index (χ3v) is 4.61. The fourth-order valence-corrected chi connectivity index (χ4v) is 3.46. The Labute approximate surface area is 129 Å². The molecule has 2 heterocycles. The zero-order chi connectivity index (χ0) is 15.4. The van der Waals surface area contributed by atoms with Crippen LogP contribution in [0.15, 0.2) is 6.07 Å². The Kier molecular flexibility index (Phi) is 5.22. The maximum atomic E-state index is 12.3. The van der Waals surface area contributed by atoms with Gasteiger partial charge in [-0.05, 0) is 39.7 Å². The summed E-state index contributed by atoms with van der Waals surface area (Å²) in [5, 5.41) is 3.07. The van der Waals surface area contributed by atoms with E-state index < -0.39 is 0 Å². The molecule has 0 saturated carbocycles. The molecule has 1 aromatic heterocycles. The molecule has 0 spiro atoms. The van der Waals surface area contributed by atoms with Crippen LogP contribution in [0.4, 0.5) is 4.79 Å².